The third kappa shape index (κ3) is 4.21. The zero-order valence-electron chi connectivity index (χ0n) is 9.15. The third-order valence-corrected chi connectivity index (χ3v) is 3.83. The van der Waals surface area contributed by atoms with Crippen LogP contribution in [0.25, 0.3) is 0 Å². The number of hydrogen-bond acceptors (Lipinski definition) is 3. The first kappa shape index (κ1) is 13.6. The number of carbonyl (C=O) groups is 1. The number of hydrogen-bond donors (Lipinski definition) is 2. The summed E-state index contributed by atoms with van der Waals surface area (Å²) >= 11 is 1.66. The van der Waals surface area contributed by atoms with E-state index in [-0.39, 0.29) is 17.2 Å². The molecule has 0 radical (unpaired) electrons. The molecule has 0 aliphatic carbocycles. The molecule has 1 amide bonds. The number of nitrogens with one attached hydrogen (secondary N) is 2. The van der Waals surface area contributed by atoms with E-state index in [2.05, 4.69) is 5.32 Å². The molecule has 1 atom stereocenters. The van der Waals surface area contributed by atoms with Gasteiger partial charge in [-0.15, -0.1) is 11.8 Å². The topological polar surface area (TPSA) is 41.1 Å². The van der Waals surface area contributed by atoms with Crippen molar-refractivity contribution in [2.75, 3.05) is 12.4 Å². The predicted octanol–water partition coefficient (Wildman–Crippen LogP) is 1.50. The smallest absolute Gasteiger partial charge is 0.347 e. The van der Waals surface area contributed by atoms with Crippen LogP contribution < -0.4 is 10.6 Å². The maximum absolute atomic E-state index is 11.8. The van der Waals surface area contributed by atoms with Crippen LogP contribution in [-0.4, -0.2) is 35.3 Å². The number of amides is 1. The molecule has 0 aromatic heterocycles. The Kier molecular flexibility index (Phi) is 4.12. The summed E-state index contributed by atoms with van der Waals surface area (Å²) in [5, 5.41) is 4.97. The minimum Gasteiger partial charge on any atom is -0.347 e. The molecule has 7 heteroatoms. The van der Waals surface area contributed by atoms with E-state index in [1.54, 1.807) is 11.8 Å². The fourth-order valence-corrected chi connectivity index (χ4v) is 2.47. The second-order valence-electron chi connectivity index (χ2n) is 4.24. The van der Waals surface area contributed by atoms with Crippen molar-refractivity contribution < 1.29 is 18.0 Å². The van der Waals surface area contributed by atoms with Gasteiger partial charge in [-0.25, -0.2) is 0 Å². The SMILES string of the molecule is CC1(C)SCN[C@@H]1CC(=O)NCC(F)(F)F. The lowest BCUT2D eigenvalue weighted by molar-refractivity contribution is -0.138. The monoisotopic (exact) mass is 256 g/mol. The lowest BCUT2D eigenvalue weighted by Crippen LogP contribution is -2.43. The van der Waals surface area contributed by atoms with E-state index in [0.717, 1.165) is 5.88 Å². The molecule has 1 aliphatic heterocycles. The Morgan fingerprint density at radius 2 is 2.19 bits per heavy atom. The zero-order valence-corrected chi connectivity index (χ0v) is 9.97. The number of carbonyl (C=O) groups excluding carboxylic acids is 1. The van der Waals surface area contributed by atoms with Gasteiger partial charge in [-0.2, -0.15) is 13.2 Å². The maximum Gasteiger partial charge on any atom is 0.405 e. The summed E-state index contributed by atoms with van der Waals surface area (Å²) in [6.07, 6.45) is -4.26. The molecule has 3 nitrogen and oxygen atoms in total. The minimum absolute atomic E-state index is 0.0780. The second kappa shape index (κ2) is 4.83. The van der Waals surface area contributed by atoms with Crippen LogP contribution in [0.1, 0.15) is 20.3 Å². The van der Waals surface area contributed by atoms with E-state index >= 15 is 0 Å². The lowest BCUT2D eigenvalue weighted by atomic mass is 10.00. The fourth-order valence-electron chi connectivity index (χ4n) is 1.45. The normalized spacial score (nSPS) is 24.4. The van der Waals surface area contributed by atoms with Crippen molar-refractivity contribution in [2.24, 2.45) is 0 Å². The van der Waals surface area contributed by atoms with Crippen molar-refractivity contribution in [1.29, 1.82) is 0 Å². The van der Waals surface area contributed by atoms with Crippen molar-refractivity contribution in [2.45, 2.75) is 37.2 Å². The van der Waals surface area contributed by atoms with Gasteiger partial charge in [0.15, 0.2) is 0 Å². The Bertz CT molecular complexity index is 268. The van der Waals surface area contributed by atoms with Crippen LogP contribution in [-0.2, 0) is 4.79 Å². The Morgan fingerprint density at radius 3 is 2.62 bits per heavy atom. The first-order valence-corrected chi connectivity index (χ1v) is 5.90. The molecule has 1 rings (SSSR count). The summed E-state index contributed by atoms with van der Waals surface area (Å²) in [6.45, 7) is 2.69. The summed E-state index contributed by atoms with van der Waals surface area (Å²) in [7, 11) is 0. The van der Waals surface area contributed by atoms with Gasteiger partial charge in [-0.3, -0.25) is 4.79 Å². The van der Waals surface area contributed by atoms with Crippen LogP contribution in [0.15, 0.2) is 0 Å². The van der Waals surface area contributed by atoms with Gasteiger partial charge in [0.25, 0.3) is 0 Å². The van der Waals surface area contributed by atoms with E-state index in [1.807, 2.05) is 19.2 Å². The molecular weight excluding hydrogens is 241 g/mol. The summed E-state index contributed by atoms with van der Waals surface area (Å²) in [4.78, 5) is 11.3. The van der Waals surface area contributed by atoms with Gasteiger partial charge in [0.1, 0.15) is 6.54 Å². The van der Waals surface area contributed by atoms with Crippen LogP contribution >= 0.6 is 11.8 Å². The van der Waals surface area contributed by atoms with Gasteiger partial charge in [0.2, 0.25) is 5.91 Å². The van der Waals surface area contributed by atoms with Crippen molar-refractivity contribution in [3.8, 4) is 0 Å². The zero-order chi connectivity index (χ0) is 12.4. The van der Waals surface area contributed by atoms with Gasteiger partial charge in [-0.1, -0.05) is 0 Å². The Balaban J connectivity index is 2.35. The average Bonchev–Trinajstić information content (AvgIpc) is 2.42. The molecule has 1 aliphatic rings. The standard InChI is InChI=1S/C9H15F3N2OS/c1-8(2)6(14-5-16-8)3-7(15)13-4-9(10,11)12/h6,14H,3-5H2,1-2H3,(H,13,15)/t6-/m1/s1. The Labute approximate surface area is 96.5 Å². The quantitative estimate of drug-likeness (QED) is 0.804. The highest BCUT2D eigenvalue weighted by atomic mass is 32.2. The Hall–Kier alpha value is -0.430. The molecule has 0 unspecified atom stereocenters. The number of alkyl halides is 3. The van der Waals surface area contributed by atoms with Gasteiger partial charge in [0.05, 0.1) is 0 Å². The Morgan fingerprint density at radius 1 is 1.56 bits per heavy atom. The van der Waals surface area contributed by atoms with E-state index in [0.29, 0.717) is 0 Å². The number of rotatable bonds is 3. The van der Waals surface area contributed by atoms with E-state index < -0.39 is 18.6 Å². The molecule has 1 heterocycles. The second-order valence-corrected chi connectivity index (χ2v) is 5.87. The summed E-state index contributed by atoms with van der Waals surface area (Å²) < 4.78 is 35.4. The molecule has 0 aromatic carbocycles. The molecule has 0 aromatic rings. The van der Waals surface area contributed by atoms with Crippen LogP contribution in [0, 0.1) is 0 Å². The highest BCUT2D eigenvalue weighted by Gasteiger charge is 2.36. The lowest BCUT2D eigenvalue weighted by Gasteiger charge is -2.24. The van der Waals surface area contributed by atoms with Gasteiger partial charge in [-0.05, 0) is 13.8 Å². The molecule has 1 fully saturated rings. The highest BCUT2D eigenvalue weighted by Crippen LogP contribution is 2.34. The largest absolute Gasteiger partial charge is 0.405 e. The predicted molar refractivity (Wildman–Crippen MR) is 57.1 cm³/mol. The molecular formula is C9H15F3N2OS. The highest BCUT2D eigenvalue weighted by molar-refractivity contribution is 8.00. The van der Waals surface area contributed by atoms with E-state index in [9.17, 15) is 18.0 Å². The number of thioether (sulfide) groups is 1. The molecule has 0 bridgehead atoms. The maximum atomic E-state index is 11.8. The summed E-state index contributed by atoms with van der Waals surface area (Å²) in [5.41, 5.74) is 0. The molecule has 16 heavy (non-hydrogen) atoms. The molecule has 0 spiro atoms. The van der Waals surface area contributed by atoms with Gasteiger partial charge in [0, 0.05) is 23.1 Å². The third-order valence-electron chi connectivity index (χ3n) is 2.49. The van der Waals surface area contributed by atoms with Crippen LogP contribution in [0.5, 0.6) is 0 Å². The van der Waals surface area contributed by atoms with Crippen LogP contribution in [0.3, 0.4) is 0 Å². The number of halogens is 3. The van der Waals surface area contributed by atoms with Gasteiger partial charge < -0.3 is 10.6 Å². The average molecular weight is 256 g/mol. The summed E-state index contributed by atoms with van der Waals surface area (Å²) in [6, 6.07) is -0.0780. The van der Waals surface area contributed by atoms with Gasteiger partial charge >= 0.3 is 6.18 Å². The van der Waals surface area contributed by atoms with Crippen LogP contribution in [0.2, 0.25) is 0 Å². The van der Waals surface area contributed by atoms with Crippen molar-refractivity contribution in [3.05, 3.63) is 0 Å². The molecule has 1 saturated heterocycles. The van der Waals surface area contributed by atoms with Crippen molar-refractivity contribution in [3.63, 3.8) is 0 Å². The molecule has 2 N–H and O–H groups in total. The van der Waals surface area contributed by atoms with Crippen molar-refractivity contribution >= 4 is 17.7 Å². The van der Waals surface area contributed by atoms with Crippen molar-refractivity contribution in [1.82, 2.24) is 10.6 Å². The van der Waals surface area contributed by atoms with E-state index in [4.69, 9.17) is 0 Å². The summed E-state index contributed by atoms with van der Waals surface area (Å²) in [5.74, 6) is 0.162. The first-order chi connectivity index (χ1) is 7.21. The first-order valence-electron chi connectivity index (χ1n) is 4.91. The molecule has 94 valence electrons. The fraction of sp³-hybridized carbons (Fsp3) is 0.889. The van der Waals surface area contributed by atoms with E-state index in [1.165, 1.54) is 0 Å². The minimum atomic E-state index is -4.34. The molecule has 0 saturated carbocycles. The van der Waals surface area contributed by atoms with Crippen LogP contribution in [0.4, 0.5) is 13.2 Å².